The maximum absolute atomic E-state index is 12.9. The fourth-order valence-corrected chi connectivity index (χ4v) is 5.18. The van der Waals surface area contributed by atoms with Gasteiger partial charge in [-0.1, -0.05) is 33.6 Å². The lowest BCUT2D eigenvalue weighted by Gasteiger charge is -2.35. The van der Waals surface area contributed by atoms with Crippen molar-refractivity contribution in [3.63, 3.8) is 0 Å². The summed E-state index contributed by atoms with van der Waals surface area (Å²) in [5, 5.41) is 11.5. The molecule has 36 heavy (non-hydrogen) atoms. The molecule has 0 saturated carbocycles. The molecule has 0 bridgehead atoms. The number of esters is 1. The van der Waals surface area contributed by atoms with Gasteiger partial charge >= 0.3 is 5.97 Å². The summed E-state index contributed by atoms with van der Waals surface area (Å²) in [5.74, 6) is 1.79. The predicted molar refractivity (Wildman–Crippen MR) is 134 cm³/mol. The molecule has 1 N–H and O–H groups in total. The summed E-state index contributed by atoms with van der Waals surface area (Å²) in [7, 11) is 4.68. The lowest BCUT2D eigenvalue weighted by molar-refractivity contribution is -0.153. The molecule has 8 nitrogen and oxygen atoms in total. The number of ether oxygens (including phenoxy) is 6. The van der Waals surface area contributed by atoms with E-state index in [0.717, 1.165) is 24.8 Å². The number of carbonyl (C=O) groups is 1. The Morgan fingerprint density at radius 1 is 1.03 bits per heavy atom. The van der Waals surface area contributed by atoms with Crippen LogP contribution in [-0.4, -0.2) is 39.2 Å². The highest BCUT2D eigenvalue weighted by Crippen LogP contribution is 2.58. The van der Waals surface area contributed by atoms with Crippen LogP contribution in [0.5, 0.6) is 34.5 Å². The van der Waals surface area contributed by atoms with Gasteiger partial charge < -0.3 is 33.5 Å². The molecule has 1 aliphatic carbocycles. The molecule has 8 heteroatoms. The van der Waals surface area contributed by atoms with E-state index in [-0.39, 0.29) is 36.1 Å². The minimum Gasteiger partial charge on any atom is -0.504 e. The number of fused-ring (bicyclic) bond motifs is 4. The third-order valence-electron chi connectivity index (χ3n) is 7.30. The van der Waals surface area contributed by atoms with Crippen LogP contribution in [0.25, 0.3) is 11.1 Å². The molecule has 1 aliphatic heterocycles. The Labute approximate surface area is 212 Å². The summed E-state index contributed by atoms with van der Waals surface area (Å²) in [4.78, 5) is 12.9. The second kappa shape index (κ2) is 10.8. The smallest absolute Gasteiger partial charge is 0.306 e. The average molecular weight is 501 g/mol. The van der Waals surface area contributed by atoms with E-state index in [1.807, 2.05) is 12.1 Å². The quantitative estimate of drug-likeness (QED) is 0.359. The Kier molecular flexibility index (Phi) is 7.71. The van der Waals surface area contributed by atoms with Crippen LogP contribution >= 0.6 is 0 Å². The van der Waals surface area contributed by atoms with Crippen LogP contribution in [0.3, 0.4) is 0 Å². The number of hydrogen-bond acceptors (Lipinski definition) is 8. The van der Waals surface area contributed by atoms with E-state index in [0.29, 0.717) is 52.5 Å². The van der Waals surface area contributed by atoms with Gasteiger partial charge in [-0.2, -0.15) is 0 Å². The summed E-state index contributed by atoms with van der Waals surface area (Å²) in [5.41, 5.74) is 2.71. The Hall–Kier alpha value is -3.29. The van der Waals surface area contributed by atoms with Gasteiger partial charge in [0.2, 0.25) is 18.3 Å². The van der Waals surface area contributed by atoms with Gasteiger partial charge in [0.15, 0.2) is 23.0 Å². The highest BCUT2D eigenvalue weighted by molar-refractivity contribution is 5.88. The van der Waals surface area contributed by atoms with Crippen LogP contribution in [0.2, 0.25) is 0 Å². The Bertz CT molecular complexity index is 1130. The van der Waals surface area contributed by atoms with E-state index in [1.54, 1.807) is 21.3 Å². The van der Waals surface area contributed by atoms with E-state index in [4.69, 9.17) is 28.4 Å². The maximum Gasteiger partial charge on any atom is 0.306 e. The number of phenols is 1. The van der Waals surface area contributed by atoms with Crippen molar-refractivity contribution in [3.05, 3.63) is 23.3 Å². The predicted octanol–water partition coefficient (Wildman–Crippen LogP) is 5.81. The second-order valence-corrected chi connectivity index (χ2v) is 9.51. The normalized spacial score (nSPS) is 20.0. The second-order valence-electron chi connectivity index (χ2n) is 9.51. The van der Waals surface area contributed by atoms with Crippen LogP contribution in [0.4, 0.5) is 0 Å². The van der Waals surface area contributed by atoms with Crippen LogP contribution in [-0.2, 0) is 16.0 Å². The van der Waals surface area contributed by atoms with Crippen LogP contribution in [0.15, 0.2) is 12.1 Å². The van der Waals surface area contributed by atoms with Gasteiger partial charge in [0, 0.05) is 29.0 Å². The highest BCUT2D eigenvalue weighted by Gasteiger charge is 2.39. The number of hydrogen-bond donors (Lipinski definition) is 1. The first kappa shape index (κ1) is 25.8. The fraction of sp³-hybridized carbons (Fsp3) is 0.536. The minimum atomic E-state index is -0.601. The number of methoxy groups -OCH3 is 3. The van der Waals surface area contributed by atoms with Crippen LogP contribution in [0.1, 0.15) is 63.7 Å². The van der Waals surface area contributed by atoms with Gasteiger partial charge in [0.1, 0.15) is 6.10 Å². The van der Waals surface area contributed by atoms with Gasteiger partial charge in [0.25, 0.3) is 0 Å². The van der Waals surface area contributed by atoms with Gasteiger partial charge in [-0.05, 0) is 36.5 Å². The zero-order valence-electron chi connectivity index (χ0n) is 21.9. The fourth-order valence-electron chi connectivity index (χ4n) is 5.18. The van der Waals surface area contributed by atoms with E-state index < -0.39 is 6.10 Å². The summed E-state index contributed by atoms with van der Waals surface area (Å²) in [6.07, 6.45) is 3.15. The van der Waals surface area contributed by atoms with Crippen molar-refractivity contribution in [1.82, 2.24) is 0 Å². The average Bonchev–Trinajstić information content (AvgIpc) is 3.35. The number of unbranched alkanes of at least 4 members (excludes halogenated alkanes) is 2. The first-order chi connectivity index (χ1) is 17.4. The zero-order valence-corrected chi connectivity index (χ0v) is 21.9. The third-order valence-corrected chi connectivity index (χ3v) is 7.30. The van der Waals surface area contributed by atoms with E-state index in [1.165, 1.54) is 0 Å². The maximum atomic E-state index is 12.9. The molecule has 2 aliphatic rings. The molecule has 0 saturated heterocycles. The Morgan fingerprint density at radius 2 is 1.78 bits per heavy atom. The molecule has 196 valence electrons. The lowest BCUT2D eigenvalue weighted by atomic mass is 9.76. The SMILES string of the molecule is CCCCCC(=O)O[C@@H]1c2cc3c(c(O)c2-c2c(cc(OC)c(OC)c2OC)C[C@@H](C)[C@H]1C)OCO3. The van der Waals surface area contributed by atoms with Crippen molar-refractivity contribution in [2.45, 2.75) is 59.0 Å². The van der Waals surface area contributed by atoms with Crippen molar-refractivity contribution >= 4 is 5.97 Å². The highest BCUT2D eigenvalue weighted by atomic mass is 16.7. The topological polar surface area (TPSA) is 92.7 Å². The number of rotatable bonds is 8. The summed E-state index contributed by atoms with van der Waals surface area (Å²) >= 11 is 0. The van der Waals surface area contributed by atoms with Gasteiger partial charge in [-0.3, -0.25) is 4.79 Å². The van der Waals surface area contributed by atoms with E-state index >= 15 is 0 Å². The summed E-state index contributed by atoms with van der Waals surface area (Å²) < 4.78 is 34.5. The summed E-state index contributed by atoms with van der Waals surface area (Å²) in [6, 6.07) is 3.74. The van der Waals surface area contributed by atoms with Crippen LogP contribution < -0.4 is 23.7 Å². The van der Waals surface area contributed by atoms with Crippen molar-refractivity contribution in [3.8, 4) is 45.6 Å². The zero-order chi connectivity index (χ0) is 26.0. The molecular formula is C28H36O8. The first-order valence-electron chi connectivity index (χ1n) is 12.5. The first-order valence-corrected chi connectivity index (χ1v) is 12.5. The van der Waals surface area contributed by atoms with Crippen molar-refractivity contribution in [2.24, 2.45) is 11.8 Å². The molecule has 0 radical (unpaired) electrons. The molecule has 3 atom stereocenters. The molecule has 4 rings (SSSR count). The van der Waals surface area contributed by atoms with Crippen LogP contribution in [0, 0.1) is 11.8 Å². The molecule has 2 aromatic carbocycles. The number of phenolic OH excluding ortho intramolecular Hbond substituents is 1. The summed E-state index contributed by atoms with van der Waals surface area (Å²) in [6.45, 7) is 6.30. The van der Waals surface area contributed by atoms with E-state index in [2.05, 4.69) is 20.8 Å². The molecule has 0 fully saturated rings. The molecule has 0 amide bonds. The molecule has 2 aromatic rings. The van der Waals surface area contributed by atoms with Gasteiger partial charge in [-0.25, -0.2) is 0 Å². The Balaban J connectivity index is 1.98. The lowest BCUT2D eigenvalue weighted by Crippen LogP contribution is -2.26. The molecule has 1 heterocycles. The molecule has 0 aromatic heterocycles. The number of aromatic hydroxyl groups is 1. The Morgan fingerprint density at radius 3 is 2.44 bits per heavy atom. The number of benzene rings is 2. The monoisotopic (exact) mass is 500 g/mol. The van der Waals surface area contributed by atoms with Crippen molar-refractivity contribution in [1.29, 1.82) is 0 Å². The minimum absolute atomic E-state index is 0.00482. The van der Waals surface area contributed by atoms with E-state index in [9.17, 15) is 9.90 Å². The number of carbonyl (C=O) groups excluding carboxylic acids is 1. The molecule has 0 spiro atoms. The molecular weight excluding hydrogens is 464 g/mol. The van der Waals surface area contributed by atoms with Crippen molar-refractivity contribution in [2.75, 3.05) is 28.1 Å². The standard InChI is InChI=1S/C28H36O8/c1-7-8-9-10-21(29)36-25-16(3)15(2)11-17-12-19(31-4)27(32-5)28(33-6)22(17)23-18(25)13-20-26(24(23)30)35-14-34-20/h12-13,15-16,25,30H,7-11,14H2,1-6H3/t15-,16-,25+/m1/s1. The van der Waals surface area contributed by atoms with Gasteiger partial charge in [-0.15, -0.1) is 0 Å². The van der Waals surface area contributed by atoms with Gasteiger partial charge in [0.05, 0.1) is 21.3 Å². The largest absolute Gasteiger partial charge is 0.504 e. The third kappa shape index (κ3) is 4.49. The van der Waals surface area contributed by atoms with Crippen molar-refractivity contribution < 1.29 is 38.3 Å². The molecule has 0 unspecified atom stereocenters.